The Balaban J connectivity index is 2.14. The molecule has 0 amide bonds. The van der Waals surface area contributed by atoms with Crippen LogP contribution < -0.4 is 5.56 Å². The van der Waals surface area contributed by atoms with Crippen LogP contribution in [0.2, 0.25) is 0 Å². The number of hydrogen-bond acceptors (Lipinski definition) is 6. The van der Waals surface area contributed by atoms with E-state index in [0.29, 0.717) is 6.07 Å². The Morgan fingerprint density at radius 3 is 2.61 bits per heavy atom. The van der Waals surface area contributed by atoms with Crippen molar-refractivity contribution in [2.24, 2.45) is 0 Å². The number of ether oxygens (including phenoxy) is 1. The summed E-state index contributed by atoms with van der Waals surface area (Å²) in [4.78, 5) is 13.7. The van der Waals surface area contributed by atoms with E-state index in [9.17, 15) is 28.2 Å². The van der Waals surface area contributed by atoms with Gasteiger partial charge in [0.1, 0.15) is 24.0 Å². The van der Waals surface area contributed by atoms with Crippen LogP contribution in [0, 0.1) is 0 Å². The number of aromatic nitrogens is 3. The summed E-state index contributed by atoms with van der Waals surface area (Å²) in [5, 5.41) is 32.0. The van der Waals surface area contributed by atoms with Crippen molar-refractivity contribution in [2.75, 3.05) is 6.61 Å². The van der Waals surface area contributed by atoms with Crippen LogP contribution in [0.15, 0.2) is 17.1 Å². The summed E-state index contributed by atoms with van der Waals surface area (Å²) in [7, 11) is 0. The summed E-state index contributed by atoms with van der Waals surface area (Å²) in [6.07, 6.45) is -9.33. The van der Waals surface area contributed by atoms with Gasteiger partial charge in [-0.05, 0) is 0 Å². The second-order valence-electron chi connectivity index (χ2n) is 5.13. The zero-order valence-electron chi connectivity index (χ0n) is 11.4. The maximum Gasteiger partial charge on any atom is 0.417 e. The number of pyridine rings is 1. The third-order valence-corrected chi connectivity index (χ3v) is 3.67. The average Bonchev–Trinajstić information content (AvgIpc) is 3.00. The van der Waals surface area contributed by atoms with Crippen LogP contribution in [0.4, 0.5) is 13.2 Å². The summed E-state index contributed by atoms with van der Waals surface area (Å²) < 4.78 is 45.0. The summed E-state index contributed by atoms with van der Waals surface area (Å²) in [5.74, 6) is 0. The standard InChI is InChI=1S/C12H12F3N3O5/c13-12(14,15)5-1-7(20)17-10-4(5)2-16-18(10)11-9(22)8(21)6(3-19)23-11/h1-2,6,8-9,11,19,21-22H,3H2,(H,17,20). The van der Waals surface area contributed by atoms with Crippen LogP contribution >= 0.6 is 0 Å². The average molecular weight is 335 g/mol. The van der Waals surface area contributed by atoms with Gasteiger partial charge in [-0.15, -0.1) is 0 Å². The highest BCUT2D eigenvalue weighted by Gasteiger charge is 2.45. The molecule has 11 heteroatoms. The molecule has 8 nitrogen and oxygen atoms in total. The Hall–Kier alpha value is -1.95. The minimum atomic E-state index is -4.76. The van der Waals surface area contributed by atoms with Gasteiger partial charge in [-0.1, -0.05) is 0 Å². The quantitative estimate of drug-likeness (QED) is 0.579. The lowest BCUT2D eigenvalue weighted by molar-refractivity contribution is -0.136. The fourth-order valence-corrected chi connectivity index (χ4v) is 2.56. The normalized spacial score (nSPS) is 28.6. The number of alkyl halides is 3. The molecule has 126 valence electrons. The van der Waals surface area contributed by atoms with Crippen LogP contribution in [-0.4, -0.2) is 55.0 Å². The van der Waals surface area contributed by atoms with Gasteiger partial charge < -0.3 is 25.0 Å². The van der Waals surface area contributed by atoms with Gasteiger partial charge >= 0.3 is 6.18 Å². The molecule has 0 bridgehead atoms. The van der Waals surface area contributed by atoms with Gasteiger partial charge in [0.25, 0.3) is 0 Å². The SMILES string of the molecule is O=c1cc(C(F)(F)F)c2cnn(C3OC(CO)C(O)C3O)c2[nH]1. The van der Waals surface area contributed by atoms with Gasteiger partial charge in [-0.2, -0.15) is 18.3 Å². The molecule has 1 saturated heterocycles. The first-order valence-corrected chi connectivity index (χ1v) is 6.54. The van der Waals surface area contributed by atoms with Crippen LogP contribution in [0.5, 0.6) is 0 Å². The van der Waals surface area contributed by atoms with Gasteiger partial charge in [0, 0.05) is 11.5 Å². The molecule has 23 heavy (non-hydrogen) atoms. The van der Waals surface area contributed by atoms with E-state index in [4.69, 9.17) is 9.84 Å². The lowest BCUT2D eigenvalue weighted by atomic mass is 10.1. The molecule has 2 aromatic heterocycles. The molecule has 0 aromatic carbocycles. The van der Waals surface area contributed by atoms with E-state index >= 15 is 0 Å². The van der Waals surface area contributed by atoms with Gasteiger partial charge in [0.15, 0.2) is 6.23 Å². The van der Waals surface area contributed by atoms with Crippen molar-refractivity contribution >= 4 is 11.0 Å². The van der Waals surface area contributed by atoms with Crippen molar-refractivity contribution in [1.29, 1.82) is 0 Å². The van der Waals surface area contributed by atoms with E-state index in [1.165, 1.54) is 0 Å². The van der Waals surface area contributed by atoms with Crippen molar-refractivity contribution in [1.82, 2.24) is 14.8 Å². The molecule has 0 saturated carbocycles. The molecule has 0 spiro atoms. The minimum absolute atomic E-state index is 0.306. The molecule has 2 aromatic rings. The summed E-state index contributed by atoms with van der Waals surface area (Å²) >= 11 is 0. The van der Waals surface area contributed by atoms with Gasteiger partial charge in [0.2, 0.25) is 5.56 Å². The molecule has 1 aliphatic rings. The zero-order chi connectivity index (χ0) is 16.9. The molecular weight excluding hydrogens is 323 g/mol. The van der Waals surface area contributed by atoms with E-state index < -0.39 is 48.4 Å². The van der Waals surface area contributed by atoms with Gasteiger partial charge in [0.05, 0.1) is 18.4 Å². The number of fused-ring (bicyclic) bond motifs is 1. The Labute approximate surface area is 125 Å². The monoisotopic (exact) mass is 335 g/mol. The third-order valence-electron chi connectivity index (χ3n) is 3.67. The molecule has 1 aliphatic heterocycles. The predicted octanol–water partition coefficient (Wildman–Crippen LogP) is -0.645. The fraction of sp³-hybridized carbons (Fsp3) is 0.500. The highest BCUT2D eigenvalue weighted by molar-refractivity contribution is 5.79. The zero-order valence-corrected chi connectivity index (χ0v) is 11.4. The number of aliphatic hydroxyl groups excluding tert-OH is 3. The number of aromatic amines is 1. The topological polar surface area (TPSA) is 121 Å². The Kier molecular flexibility index (Phi) is 3.67. The lowest BCUT2D eigenvalue weighted by Crippen LogP contribution is -2.33. The molecule has 4 N–H and O–H groups in total. The Bertz CT molecular complexity index is 786. The highest BCUT2D eigenvalue weighted by atomic mass is 19.4. The van der Waals surface area contributed by atoms with Crippen molar-refractivity contribution in [3.05, 3.63) is 28.2 Å². The van der Waals surface area contributed by atoms with Crippen LogP contribution in [0.25, 0.3) is 11.0 Å². The first-order valence-electron chi connectivity index (χ1n) is 6.54. The lowest BCUT2D eigenvalue weighted by Gasteiger charge is -2.16. The number of nitrogens with one attached hydrogen (secondary N) is 1. The van der Waals surface area contributed by atoms with Crippen molar-refractivity contribution in [3.8, 4) is 0 Å². The molecule has 1 fully saturated rings. The van der Waals surface area contributed by atoms with Gasteiger partial charge in [-0.25, -0.2) is 4.68 Å². The van der Waals surface area contributed by atoms with Gasteiger partial charge in [-0.3, -0.25) is 4.79 Å². The minimum Gasteiger partial charge on any atom is -0.394 e. The second-order valence-corrected chi connectivity index (χ2v) is 5.13. The van der Waals surface area contributed by atoms with E-state index in [1.807, 2.05) is 0 Å². The molecule has 3 heterocycles. The molecule has 4 atom stereocenters. The van der Waals surface area contributed by atoms with E-state index in [0.717, 1.165) is 10.9 Å². The number of nitrogens with zero attached hydrogens (tertiary/aromatic N) is 2. The van der Waals surface area contributed by atoms with E-state index in [1.54, 1.807) is 0 Å². The maximum atomic E-state index is 13.0. The number of H-pyrrole nitrogens is 1. The molecule has 0 radical (unpaired) electrons. The first kappa shape index (κ1) is 15.9. The molecular formula is C12H12F3N3O5. The summed E-state index contributed by atoms with van der Waals surface area (Å²) in [6, 6.07) is 0.408. The second kappa shape index (κ2) is 5.30. The van der Waals surface area contributed by atoms with E-state index in [2.05, 4.69) is 10.1 Å². The molecule has 3 rings (SSSR count). The molecule has 0 aliphatic carbocycles. The summed E-state index contributed by atoms with van der Waals surface area (Å²) in [5.41, 5.74) is -2.48. The Morgan fingerprint density at radius 2 is 2.04 bits per heavy atom. The Morgan fingerprint density at radius 1 is 1.35 bits per heavy atom. The first-order chi connectivity index (χ1) is 10.7. The summed E-state index contributed by atoms with van der Waals surface area (Å²) in [6.45, 7) is -0.599. The highest BCUT2D eigenvalue weighted by Crippen LogP contribution is 2.35. The van der Waals surface area contributed by atoms with Crippen LogP contribution in [0.1, 0.15) is 11.8 Å². The number of halogens is 3. The van der Waals surface area contributed by atoms with Crippen molar-refractivity contribution in [2.45, 2.75) is 30.7 Å². The number of hydrogen-bond donors (Lipinski definition) is 4. The van der Waals surface area contributed by atoms with Crippen molar-refractivity contribution < 1.29 is 33.2 Å². The predicted molar refractivity (Wildman–Crippen MR) is 68.4 cm³/mol. The number of rotatable bonds is 2. The van der Waals surface area contributed by atoms with Crippen LogP contribution in [-0.2, 0) is 10.9 Å². The molecule has 4 unspecified atom stereocenters. The third kappa shape index (κ3) is 2.51. The van der Waals surface area contributed by atoms with Crippen molar-refractivity contribution in [3.63, 3.8) is 0 Å². The number of aliphatic hydroxyl groups is 3. The van der Waals surface area contributed by atoms with Crippen LogP contribution in [0.3, 0.4) is 0 Å². The van der Waals surface area contributed by atoms with E-state index in [-0.39, 0.29) is 11.0 Å². The largest absolute Gasteiger partial charge is 0.417 e. The smallest absolute Gasteiger partial charge is 0.394 e. The fourth-order valence-electron chi connectivity index (χ4n) is 2.56. The maximum absolute atomic E-state index is 13.0.